The smallest absolute Gasteiger partial charge is 0.166 e. The van der Waals surface area contributed by atoms with Gasteiger partial charge in [0, 0.05) is 11.1 Å². The average molecular weight is 298 g/mol. The van der Waals surface area contributed by atoms with Gasteiger partial charge in [0.2, 0.25) is 0 Å². The lowest BCUT2D eigenvalue weighted by atomic mass is 10.1. The number of halogens is 2. The molecule has 3 nitrogen and oxygen atoms in total. The van der Waals surface area contributed by atoms with Crippen molar-refractivity contribution in [3.05, 3.63) is 34.6 Å². The third-order valence-electron chi connectivity index (χ3n) is 2.89. The Bertz CT molecular complexity index is 597. The maximum absolute atomic E-state index is 6.32. The fraction of sp³-hybridized carbons (Fsp3) is 0.429. The van der Waals surface area contributed by atoms with Crippen molar-refractivity contribution in [1.29, 1.82) is 0 Å². The number of nitrogens with zero attached hydrogens (tertiary/aromatic N) is 3. The molecule has 5 heteroatoms. The van der Waals surface area contributed by atoms with Crippen LogP contribution in [0.5, 0.6) is 0 Å². The fourth-order valence-electron chi connectivity index (χ4n) is 2.08. The summed E-state index contributed by atoms with van der Waals surface area (Å²) in [5.41, 5.74) is 1.84. The minimum atomic E-state index is -0.155. The summed E-state index contributed by atoms with van der Waals surface area (Å²) in [6.07, 6.45) is 0. The van der Waals surface area contributed by atoms with Gasteiger partial charge in [0.15, 0.2) is 5.82 Å². The summed E-state index contributed by atoms with van der Waals surface area (Å²) in [7, 11) is 0. The molecule has 0 aliphatic heterocycles. The molecule has 1 aromatic carbocycles. The van der Waals surface area contributed by atoms with E-state index < -0.39 is 0 Å². The molecule has 102 valence electrons. The fourth-order valence-corrected chi connectivity index (χ4v) is 2.58. The molecule has 0 N–H and O–H groups in total. The van der Waals surface area contributed by atoms with E-state index in [0.29, 0.717) is 10.9 Å². The summed E-state index contributed by atoms with van der Waals surface area (Å²) in [6.45, 7) is 8.29. The molecule has 0 aliphatic carbocycles. The van der Waals surface area contributed by atoms with E-state index in [2.05, 4.69) is 31.0 Å². The highest BCUT2D eigenvalue weighted by atomic mass is 35.5. The van der Waals surface area contributed by atoms with Gasteiger partial charge in [-0.05, 0) is 45.4 Å². The molecule has 1 heterocycles. The van der Waals surface area contributed by atoms with E-state index in [-0.39, 0.29) is 5.54 Å². The van der Waals surface area contributed by atoms with E-state index in [1.807, 2.05) is 29.7 Å². The second kappa shape index (κ2) is 5.14. The van der Waals surface area contributed by atoms with Crippen molar-refractivity contribution in [2.75, 3.05) is 0 Å². The van der Waals surface area contributed by atoms with Crippen molar-refractivity contribution in [3.8, 4) is 11.4 Å². The molecular formula is C14H17Cl2N3. The van der Waals surface area contributed by atoms with Gasteiger partial charge in [-0.2, -0.15) is 0 Å². The Morgan fingerprint density at radius 3 is 2.42 bits per heavy atom. The Kier molecular flexibility index (Phi) is 3.88. The van der Waals surface area contributed by atoms with E-state index in [0.717, 1.165) is 22.8 Å². The lowest BCUT2D eigenvalue weighted by Gasteiger charge is -2.24. The molecule has 0 radical (unpaired) electrons. The maximum atomic E-state index is 6.32. The van der Waals surface area contributed by atoms with E-state index in [1.54, 1.807) is 0 Å². The van der Waals surface area contributed by atoms with Gasteiger partial charge in [0.25, 0.3) is 0 Å². The number of hydrogen-bond acceptors (Lipinski definition) is 2. The van der Waals surface area contributed by atoms with Gasteiger partial charge < -0.3 is 4.57 Å². The third-order valence-corrected chi connectivity index (χ3v) is 3.44. The van der Waals surface area contributed by atoms with Crippen molar-refractivity contribution in [2.24, 2.45) is 0 Å². The van der Waals surface area contributed by atoms with Crippen LogP contribution in [0.1, 0.15) is 32.2 Å². The lowest BCUT2D eigenvalue weighted by Crippen LogP contribution is -2.24. The zero-order chi connectivity index (χ0) is 14.2. The highest BCUT2D eigenvalue weighted by molar-refractivity contribution is 6.33. The van der Waals surface area contributed by atoms with E-state index >= 15 is 0 Å². The molecule has 0 aliphatic rings. The van der Waals surface area contributed by atoms with Crippen molar-refractivity contribution in [3.63, 3.8) is 0 Å². The summed E-state index contributed by atoms with van der Waals surface area (Å²) in [5, 5.41) is 9.10. The quantitative estimate of drug-likeness (QED) is 0.769. The van der Waals surface area contributed by atoms with Crippen LogP contribution in [0, 0.1) is 6.92 Å². The molecule has 0 amide bonds. The number of aryl methyl sites for hydroxylation is 1. The molecule has 19 heavy (non-hydrogen) atoms. The van der Waals surface area contributed by atoms with E-state index in [9.17, 15) is 0 Å². The summed E-state index contributed by atoms with van der Waals surface area (Å²) in [5.74, 6) is 1.84. The van der Waals surface area contributed by atoms with E-state index in [1.165, 1.54) is 0 Å². The van der Waals surface area contributed by atoms with Crippen LogP contribution in [0.3, 0.4) is 0 Å². The first-order valence-corrected chi connectivity index (χ1v) is 7.03. The molecule has 0 saturated heterocycles. The first-order valence-electron chi connectivity index (χ1n) is 6.12. The van der Waals surface area contributed by atoms with Crippen molar-refractivity contribution < 1.29 is 0 Å². The number of hydrogen-bond donors (Lipinski definition) is 0. The van der Waals surface area contributed by atoms with Crippen molar-refractivity contribution in [1.82, 2.24) is 14.8 Å². The summed E-state index contributed by atoms with van der Waals surface area (Å²) in [6, 6.07) is 5.92. The summed E-state index contributed by atoms with van der Waals surface area (Å²) < 4.78 is 2.04. The molecular weight excluding hydrogens is 281 g/mol. The summed E-state index contributed by atoms with van der Waals surface area (Å²) in [4.78, 5) is 0. The monoisotopic (exact) mass is 297 g/mol. The van der Waals surface area contributed by atoms with Crippen LogP contribution in [0.25, 0.3) is 11.4 Å². The van der Waals surface area contributed by atoms with Gasteiger partial charge in [-0.25, -0.2) is 0 Å². The largest absolute Gasteiger partial charge is 0.305 e. The highest BCUT2D eigenvalue weighted by Crippen LogP contribution is 2.31. The Hall–Kier alpha value is -1.06. The third kappa shape index (κ3) is 2.77. The molecule has 0 bridgehead atoms. The van der Waals surface area contributed by atoms with Crippen molar-refractivity contribution >= 4 is 23.2 Å². The first-order chi connectivity index (χ1) is 8.84. The van der Waals surface area contributed by atoms with Crippen LogP contribution in [-0.2, 0) is 11.4 Å². The van der Waals surface area contributed by atoms with Gasteiger partial charge in [0.1, 0.15) is 5.82 Å². The predicted molar refractivity (Wildman–Crippen MR) is 79.8 cm³/mol. The molecule has 0 fully saturated rings. The molecule has 2 aromatic rings. The van der Waals surface area contributed by atoms with Crippen LogP contribution < -0.4 is 0 Å². The number of alkyl halides is 1. The zero-order valence-corrected chi connectivity index (χ0v) is 13.0. The van der Waals surface area contributed by atoms with Crippen LogP contribution in [0.2, 0.25) is 5.02 Å². The molecule has 0 unspecified atom stereocenters. The zero-order valence-electron chi connectivity index (χ0n) is 11.5. The lowest BCUT2D eigenvalue weighted by molar-refractivity contribution is 0.390. The minimum absolute atomic E-state index is 0.155. The second-order valence-electron chi connectivity index (χ2n) is 5.56. The van der Waals surface area contributed by atoms with Crippen LogP contribution in [0.15, 0.2) is 18.2 Å². The van der Waals surface area contributed by atoms with E-state index in [4.69, 9.17) is 23.2 Å². The van der Waals surface area contributed by atoms with Crippen LogP contribution in [0.4, 0.5) is 0 Å². The topological polar surface area (TPSA) is 30.7 Å². The second-order valence-corrected chi connectivity index (χ2v) is 6.24. The molecule has 0 saturated carbocycles. The SMILES string of the molecule is Cc1ccc(-c2nnc(CCl)n2C(C)(C)C)c(Cl)c1. The minimum Gasteiger partial charge on any atom is -0.305 e. The number of benzene rings is 1. The molecule has 2 rings (SSSR count). The van der Waals surface area contributed by atoms with Gasteiger partial charge in [-0.3, -0.25) is 0 Å². The maximum Gasteiger partial charge on any atom is 0.166 e. The van der Waals surface area contributed by atoms with Gasteiger partial charge in [0.05, 0.1) is 10.9 Å². The standard InChI is InChI=1S/C14H17Cl2N3/c1-9-5-6-10(11(16)7-9)13-18-17-12(8-15)19(13)14(2,3)4/h5-7H,8H2,1-4H3. The van der Waals surface area contributed by atoms with Gasteiger partial charge >= 0.3 is 0 Å². The summed E-state index contributed by atoms with van der Waals surface area (Å²) >= 11 is 12.3. The van der Waals surface area contributed by atoms with Gasteiger partial charge in [-0.15, -0.1) is 21.8 Å². The molecule has 0 spiro atoms. The predicted octanol–water partition coefficient (Wildman–Crippen LogP) is 4.40. The number of aromatic nitrogens is 3. The Labute approximate surface area is 123 Å². The Balaban J connectivity index is 2.66. The normalized spacial score (nSPS) is 11.9. The Morgan fingerprint density at radius 1 is 1.21 bits per heavy atom. The van der Waals surface area contributed by atoms with Crippen LogP contribution in [-0.4, -0.2) is 14.8 Å². The Morgan fingerprint density at radius 2 is 1.89 bits per heavy atom. The molecule has 0 atom stereocenters. The van der Waals surface area contributed by atoms with Crippen LogP contribution >= 0.6 is 23.2 Å². The highest BCUT2D eigenvalue weighted by Gasteiger charge is 2.24. The number of rotatable bonds is 2. The first kappa shape index (κ1) is 14.4. The van der Waals surface area contributed by atoms with Gasteiger partial charge in [-0.1, -0.05) is 17.7 Å². The molecule has 1 aromatic heterocycles. The van der Waals surface area contributed by atoms with Crippen molar-refractivity contribution in [2.45, 2.75) is 39.1 Å². The average Bonchev–Trinajstić information content (AvgIpc) is 2.72.